The number of ether oxygens (including phenoxy) is 1. The molecular formula is C22H30N2O4. The summed E-state index contributed by atoms with van der Waals surface area (Å²) in [5.41, 5.74) is 5.31. The second-order valence-electron chi connectivity index (χ2n) is 7.73. The minimum atomic E-state index is -0.972. The molecule has 6 heteroatoms. The van der Waals surface area contributed by atoms with Crippen molar-refractivity contribution in [2.45, 2.75) is 57.3 Å². The fourth-order valence-electron chi connectivity index (χ4n) is 4.27. The van der Waals surface area contributed by atoms with Crippen molar-refractivity contribution in [1.29, 1.82) is 0 Å². The van der Waals surface area contributed by atoms with Crippen LogP contribution in [0, 0.1) is 0 Å². The van der Waals surface area contributed by atoms with Crippen LogP contribution in [0.2, 0.25) is 0 Å². The molecule has 2 amide bonds. The van der Waals surface area contributed by atoms with Gasteiger partial charge in [-0.25, -0.2) is 5.48 Å². The molecule has 1 aromatic rings. The van der Waals surface area contributed by atoms with E-state index in [1.54, 1.807) is 7.11 Å². The number of allylic oxidation sites excluding steroid dienone is 1. The number of rotatable bonds is 3. The van der Waals surface area contributed by atoms with Crippen LogP contribution in [0.1, 0.15) is 68.4 Å². The Balaban J connectivity index is 1.72. The molecule has 3 rings (SSSR count). The summed E-state index contributed by atoms with van der Waals surface area (Å²) in [6.07, 6.45) is 11.4. The van der Waals surface area contributed by atoms with E-state index in [0.29, 0.717) is 19.0 Å². The van der Waals surface area contributed by atoms with E-state index in [1.165, 1.54) is 60.0 Å². The van der Waals surface area contributed by atoms with Gasteiger partial charge in [-0.1, -0.05) is 30.6 Å². The number of piperidine rings is 1. The third-order valence-corrected chi connectivity index (χ3v) is 5.91. The van der Waals surface area contributed by atoms with Crippen LogP contribution in [0.25, 0.3) is 6.08 Å². The van der Waals surface area contributed by atoms with Gasteiger partial charge in [-0.15, -0.1) is 0 Å². The summed E-state index contributed by atoms with van der Waals surface area (Å²) < 4.78 is 5.58. The van der Waals surface area contributed by atoms with E-state index < -0.39 is 11.8 Å². The number of benzene rings is 1. The highest BCUT2D eigenvalue weighted by Crippen LogP contribution is 2.33. The lowest BCUT2D eigenvalue weighted by Gasteiger charge is -2.31. The van der Waals surface area contributed by atoms with Crippen LogP contribution in [-0.2, 0) is 9.59 Å². The number of carbonyl (C=O) groups is 2. The van der Waals surface area contributed by atoms with Gasteiger partial charge in [-0.3, -0.25) is 14.8 Å². The van der Waals surface area contributed by atoms with Crippen molar-refractivity contribution in [3.63, 3.8) is 0 Å². The fraction of sp³-hybridized carbons (Fsp3) is 0.545. The third-order valence-electron chi connectivity index (χ3n) is 5.91. The monoisotopic (exact) mass is 386 g/mol. The van der Waals surface area contributed by atoms with Crippen molar-refractivity contribution in [3.05, 3.63) is 34.9 Å². The maximum Gasteiger partial charge on any atom is 0.332 e. The van der Waals surface area contributed by atoms with Gasteiger partial charge >= 0.3 is 11.8 Å². The minimum Gasteiger partial charge on any atom is -0.496 e. The highest BCUT2D eigenvalue weighted by molar-refractivity contribution is 6.34. The molecule has 6 nitrogen and oxygen atoms in total. The highest BCUT2D eigenvalue weighted by Gasteiger charge is 2.27. The number of hydrogen-bond acceptors (Lipinski definition) is 4. The normalized spacial score (nSPS) is 18.4. The van der Waals surface area contributed by atoms with Gasteiger partial charge in [0.25, 0.3) is 0 Å². The average Bonchev–Trinajstić information content (AvgIpc) is 3.01. The SMILES string of the molecule is COc1ccc(C2CCN(C(=O)C(=O)NO)CC2)cc1C=C1CCCCCC1. The Morgan fingerprint density at radius 1 is 1.14 bits per heavy atom. The van der Waals surface area contributed by atoms with Gasteiger partial charge in [0.15, 0.2) is 0 Å². The molecule has 0 aromatic heterocycles. The van der Waals surface area contributed by atoms with E-state index in [1.807, 2.05) is 6.07 Å². The molecule has 0 bridgehead atoms. The summed E-state index contributed by atoms with van der Waals surface area (Å²) in [5.74, 6) is -0.402. The molecule has 2 aliphatic rings. The molecule has 1 aromatic carbocycles. The maximum absolute atomic E-state index is 11.9. The van der Waals surface area contributed by atoms with Crippen molar-refractivity contribution in [2.24, 2.45) is 0 Å². The van der Waals surface area contributed by atoms with Gasteiger partial charge in [-0.05, 0) is 62.1 Å². The Morgan fingerprint density at radius 2 is 1.82 bits per heavy atom. The summed E-state index contributed by atoms with van der Waals surface area (Å²) in [5, 5.41) is 8.63. The van der Waals surface area contributed by atoms with E-state index in [4.69, 9.17) is 9.94 Å². The Morgan fingerprint density at radius 3 is 2.43 bits per heavy atom. The molecule has 0 spiro atoms. The number of nitrogens with one attached hydrogen (secondary N) is 1. The first-order chi connectivity index (χ1) is 13.6. The average molecular weight is 386 g/mol. The van der Waals surface area contributed by atoms with Crippen molar-refractivity contribution in [2.75, 3.05) is 20.2 Å². The lowest BCUT2D eigenvalue weighted by molar-refractivity contribution is -0.151. The number of methoxy groups -OCH3 is 1. The third kappa shape index (κ3) is 4.93. The van der Waals surface area contributed by atoms with Crippen LogP contribution in [0.15, 0.2) is 23.8 Å². The zero-order valence-electron chi connectivity index (χ0n) is 16.6. The Kier molecular flexibility index (Phi) is 7.09. The zero-order valence-corrected chi connectivity index (χ0v) is 16.6. The first kappa shape index (κ1) is 20.4. The first-order valence-corrected chi connectivity index (χ1v) is 10.2. The molecule has 1 aliphatic heterocycles. The van der Waals surface area contributed by atoms with E-state index in [2.05, 4.69) is 18.2 Å². The lowest BCUT2D eigenvalue weighted by Crippen LogP contribution is -2.45. The first-order valence-electron chi connectivity index (χ1n) is 10.2. The van der Waals surface area contributed by atoms with Gasteiger partial charge in [0.2, 0.25) is 0 Å². The lowest BCUT2D eigenvalue weighted by atomic mass is 9.88. The molecule has 2 N–H and O–H groups in total. The van der Waals surface area contributed by atoms with Gasteiger partial charge in [0, 0.05) is 18.7 Å². The standard InChI is InChI=1S/C22H30N2O4/c1-28-20-9-8-18(15-19(20)14-16-6-4-2-3-5-7-16)17-10-12-24(13-11-17)22(26)21(25)23-27/h8-9,14-15,17,27H,2-7,10-13H2,1H3,(H,23,25). The van der Waals surface area contributed by atoms with Crippen molar-refractivity contribution in [3.8, 4) is 5.75 Å². The maximum atomic E-state index is 11.9. The molecule has 1 aliphatic carbocycles. The van der Waals surface area contributed by atoms with E-state index in [9.17, 15) is 9.59 Å². The zero-order chi connectivity index (χ0) is 19.9. The van der Waals surface area contributed by atoms with Gasteiger partial charge < -0.3 is 9.64 Å². The molecule has 0 atom stereocenters. The Hall–Kier alpha value is -2.34. The number of likely N-dealkylation sites (tertiary alicyclic amines) is 1. The Bertz CT molecular complexity index is 726. The summed E-state index contributed by atoms with van der Waals surface area (Å²) in [6.45, 7) is 1.03. The van der Waals surface area contributed by atoms with E-state index in [0.717, 1.165) is 24.2 Å². The van der Waals surface area contributed by atoms with Crippen molar-refractivity contribution in [1.82, 2.24) is 10.4 Å². The molecule has 1 saturated heterocycles. The van der Waals surface area contributed by atoms with Crippen LogP contribution < -0.4 is 10.2 Å². The molecule has 28 heavy (non-hydrogen) atoms. The fourth-order valence-corrected chi connectivity index (χ4v) is 4.27. The van der Waals surface area contributed by atoms with E-state index >= 15 is 0 Å². The summed E-state index contributed by atoms with van der Waals surface area (Å²) in [6, 6.07) is 6.37. The van der Waals surface area contributed by atoms with Gasteiger partial charge in [-0.2, -0.15) is 0 Å². The molecule has 0 unspecified atom stereocenters. The van der Waals surface area contributed by atoms with E-state index in [-0.39, 0.29) is 0 Å². The second kappa shape index (κ2) is 9.73. The van der Waals surface area contributed by atoms with Crippen LogP contribution >= 0.6 is 0 Å². The predicted molar refractivity (Wildman–Crippen MR) is 107 cm³/mol. The molecule has 2 fully saturated rings. The molecule has 1 heterocycles. The minimum absolute atomic E-state index is 0.346. The second-order valence-corrected chi connectivity index (χ2v) is 7.73. The van der Waals surface area contributed by atoms with Crippen molar-refractivity contribution < 1.29 is 19.5 Å². The van der Waals surface area contributed by atoms with Crippen LogP contribution in [0.3, 0.4) is 0 Å². The van der Waals surface area contributed by atoms with Gasteiger partial charge in [0.1, 0.15) is 5.75 Å². The summed E-state index contributed by atoms with van der Waals surface area (Å²) >= 11 is 0. The van der Waals surface area contributed by atoms with Crippen LogP contribution in [0.5, 0.6) is 5.75 Å². The predicted octanol–water partition coefficient (Wildman–Crippen LogP) is 3.64. The number of hydrogen-bond donors (Lipinski definition) is 2. The number of hydroxylamine groups is 1. The molecule has 152 valence electrons. The molecule has 0 radical (unpaired) electrons. The molecule has 1 saturated carbocycles. The smallest absolute Gasteiger partial charge is 0.332 e. The molecular weight excluding hydrogens is 356 g/mol. The van der Waals surface area contributed by atoms with Crippen molar-refractivity contribution >= 4 is 17.9 Å². The number of amides is 2. The van der Waals surface area contributed by atoms with Gasteiger partial charge in [0.05, 0.1) is 7.11 Å². The topological polar surface area (TPSA) is 78.9 Å². The number of nitrogens with zero attached hydrogens (tertiary/aromatic N) is 1. The largest absolute Gasteiger partial charge is 0.496 e. The number of carbonyl (C=O) groups excluding carboxylic acids is 2. The quantitative estimate of drug-likeness (QED) is 0.360. The Labute approximate surface area is 166 Å². The van der Waals surface area contributed by atoms with Crippen LogP contribution in [0.4, 0.5) is 0 Å². The summed E-state index contributed by atoms with van der Waals surface area (Å²) in [7, 11) is 1.71. The highest BCUT2D eigenvalue weighted by atomic mass is 16.5. The van der Waals surface area contributed by atoms with Crippen LogP contribution in [-0.4, -0.2) is 42.1 Å². The summed E-state index contributed by atoms with van der Waals surface area (Å²) in [4.78, 5) is 24.7.